The van der Waals surface area contributed by atoms with Gasteiger partial charge in [-0.25, -0.2) is 0 Å². The molecule has 6 nitrogen and oxygen atoms in total. The summed E-state index contributed by atoms with van der Waals surface area (Å²) in [5.41, 5.74) is 0.987. The Bertz CT molecular complexity index is 580. The number of halogens is 1. The summed E-state index contributed by atoms with van der Waals surface area (Å²) < 4.78 is 1.88. The summed E-state index contributed by atoms with van der Waals surface area (Å²) in [5.74, 6) is 0.757. The first-order valence-electron chi connectivity index (χ1n) is 6.80. The molecule has 1 aliphatic heterocycles. The molecule has 1 amide bonds. The molecule has 2 aromatic rings. The highest BCUT2D eigenvalue weighted by atomic mass is 35.5. The molecule has 112 valence electrons. The molecule has 1 saturated heterocycles. The lowest BCUT2D eigenvalue weighted by Crippen LogP contribution is -2.40. The van der Waals surface area contributed by atoms with Gasteiger partial charge in [-0.2, -0.15) is 0 Å². The van der Waals surface area contributed by atoms with Gasteiger partial charge in [0, 0.05) is 5.69 Å². The van der Waals surface area contributed by atoms with Gasteiger partial charge < -0.3 is 10.6 Å². The van der Waals surface area contributed by atoms with Crippen LogP contribution in [0.1, 0.15) is 18.7 Å². The Morgan fingerprint density at radius 2 is 2.19 bits per heavy atom. The maximum absolute atomic E-state index is 12.0. The summed E-state index contributed by atoms with van der Waals surface area (Å²) in [5, 5.41) is 14.1. The van der Waals surface area contributed by atoms with Gasteiger partial charge in [-0.3, -0.25) is 9.36 Å². The summed E-state index contributed by atoms with van der Waals surface area (Å²) in [6.45, 7) is 1.30. The zero-order valence-corrected chi connectivity index (χ0v) is 12.3. The van der Waals surface area contributed by atoms with Crippen molar-refractivity contribution in [1.82, 2.24) is 25.4 Å². The van der Waals surface area contributed by atoms with Gasteiger partial charge in [-0.05, 0) is 31.5 Å². The van der Waals surface area contributed by atoms with E-state index >= 15 is 0 Å². The monoisotopic (exact) mass is 307 g/mol. The standard InChI is InChI=1S/C14H17N5O.ClH/c20-14(12-7-4-8-15-12)16-9-13-18-17-10-19(13)11-5-2-1-3-6-11;/h1-3,5-6,10,12,15H,4,7-9H2,(H,16,20);1H. The topological polar surface area (TPSA) is 71.8 Å². The number of nitrogens with zero attached hydrogens (tertiary/aromatic N) is 3. The van der Waals surface area contributed by atoms with Crippen LogP contribution in [-0.4, -0.2) is 33.3 Å². The lowest BCUT2D eigenvalue weighted by Gasteiger charge is -2.11. The molecule has 21 heavy (non-hydrogen) atoms. The van der Waals surface area contributed by atoms with E-state index in [1.165, 1.54) is 0 Å². The van der Waals surface area contributed by atoms with Crippen molar-refractivity contribution in [2.45, 2.75) is 25.4 Å². The van der Waals surface area contributed by atoms with Gasteiger partial charge >= 0.3 is 0 Å². The summed E-state index contributed by atoms with van der Waals surface area (Å²) in [6, 6.07) is 9.77. The lowest BCUT2D eigenvalue weighted by atomic mass is 10.2. The molecule has 1 unspecified atom stereocenters. The van der Waals surface area contributed by atoms with Crippen LogP contribution in [0, 0.1) is 0 Å². The van der Waals surface area contributed by atoms with Crippen LogP contribution in [0.5, 0.6) is 0 Å². The quantitative estimate of drug-likeness (QED) is 0.886. The van der Waals surface area contributed by atoms with E-state index in [0.29, 0.717) is 6.54 Å². The van der Waals surface area contributed by atoms with E-state index in [0.717, 1.165) is 30.9 Å². The van der Waals surface area contributed by atoms with Crippen molar-refractivity contribution in [3.8, 4) is 5.69 Å². The van der Waals surface area contributed by atoms with Crippen molar-refractivity contribution in [2.75, 3.05) is 6.54 Å². The van der Waals surface area contributed by atoms with E-state index in [1.54, 1.807) is 6.33 Å². The van der Waals surface area contributed by atoms with Crippen LogP contribution in [0.4, 0.5) is 0 Å². The molecule has 2 heterocycles. The molecular formula is C14H18ClN5O. The number of carbonyl (C=O) groups excluding carboxylic acids is 1. The van der Waals surface area contributed by atoms with E-state index < -0.39 is 0 Å². The molecule has 7 heteroatoms. The number of benzene rings is 1. The van der Waals surface area contributed by atoms with Gasteiger partial charge in [0.15, 0.2) is 5.82 Å². The Morgan fingerprint density at radius 3 is 2.90 bits per heavy atom. The molecule has 1 atom stereocenters. The highest BCUT2D eigenvalue weighted by Crippen LogP contribution is 2.09. The van der Waals surface area contributed by atoms with Crippen molar-refractivity contribution in [1.29, 1.82) is 0 Å². The normalized spacial score (nSPS) is 17.2. The Hall–Kier alpha value is -1.92. The van der Waals surface area contributed by atoms with E-state index in [4.69, 9.17) is 0 Å². The summed E-state index contributed by atoms with van der Waals surface area (Å²) in [7, 11) is 0. The van der Waals surface area contributed by atoms with Gasteiger partial charge in [0.05, 0.1) is 12.6 Å². The fourth-order valence-corrected chi connectivity index (χ4v) is 2.38. The second-order valence-electron chi connectivity index (χ2n) is 4.82. The Kier molecular flexibility index (Phi) is 5.30. The first-order chi connectivity index (χ1) is 9.84. The summed E-state index contributed by atoms with van der Waals surface area (Å²) in [4.78, 5) is 12.0. The molecule has 1 aromatic carbocycles. The van der Waals surface area contributed by atoms with Gasteiger partial charge in [-0.15, -0.1) is 22.6 Å². The van der Waals surface area contributed by atoms with Crippen molar-refractivity contribution < 1.29 is 4.79 Å². The smallest absolute Gasteiger partial charge is 0.237 e. The molecule has 2 N–H and O–H groups in total. The average Bonchev–Trinajstić information content (AvgIpc) is 3.17. The Labute approximate surface area is 129 Å². The summed E-state index contributed by atoms with van der Waals surface area (Å²) in [6.07, 6.45) is 3.61. The third-order valence-corrected chi connectivity index (χ3v) is 3.45. The molecule has 0 spiro atoms. The van der Waals surface area contributed by atoms with Crippen LogP contribution in [0.2, 0.25) is 0 Å². The molecule has 1 aliphatic rings. The van der Waals surface area contributed by atoms with Crippen LogP contribution in [0.25, 0.3) is 5.69 Å². The van der Waals surface area contributed by atoms with Crippen LogP contribution >= 0.6 is 12.4 Å². The second kappa shape index (κ2) is 7.19. The lowest BCUT2D eigenvalue weighted by molar-refractivity contribution is -0.123. The summed E-state index contributed by atoms with van der Waals surface area (Å²) >= 11 is 0. The first-order valence-corrected chi connectivity index (χ1v) is 6.80. The highest BCUT2D eigenvalue weighted by Gasteiger charge is 2.21. The molecule has 1 aromatic heterocycles. The molecule has 0 aliphatic carbocycles. The van der Waals surface area contributed by atoms with Crippen molar-refractivity contribution in [3.63, 3.8) is 0 Å². The maximum Gasteiger partial charge on any atom is 0.237 e. The molecule has 0 bridgehead atoms. The van der Waals surface area contributed by atoms with E-state index in [-0.39, 0.29) is 24.4 Å². The van der Waals surface area contributed by atoms with Crippen LogP contribution in [0.3, 0.4) is 0 Å². The third kappa shape index (κ3) is 3.59. The number of amides is 1. The van der Waals surface area contributed by atoms with Gasteiger partial charge in [0.1, 0.15) is 6.33 Å². The largest absolute Gasteiger partial charge is 0.347 e. The zero-order valence-electron chi connectivity index (χ0n) is 11.5. The second-order valence-corrected chi connectivity index (χ2v) is 4.82. The molecular weight excluding hydrogens is 290 g/mol. The molecule has 0 radical (unpaired) electrons. The highest BCUT2D eigenvalue weighted by molar-refractivity contribution is 5.85. The Balaban J connectivity index is 0.00000161. The van der Waals surface area contributed by atoms with Gasteiger partial charge in [0.25, 0.3) is 0 Å². The fourth-order valence-electron chi connectivity index (χ4n) is 2.38. The minimum atomic E-state index is -0.0666. The van der Waals surface area contributed by atoms with Crippen LogP contribution in [-0.2, 0) is 11.3 Å². The minimum absolute atomic E-state index is 0. The van der Waals surface area contributed by atoms with E-state index in [9.17, 15) is 4.79 Å². The van der Waals surface area contributed by atoms with Crippen molar-refractivity contribution >= 4 is 18.3 Å². The minimum Gasteiger partial charge on any atom is -0.347 e. The van der Waals surface area contributed by atoms with Crippen LogP contribution < -0.4 is 10.6 Å². The SMILES string of the molecule is Cl.O=C(NCc1nncn1-c1ccccc1)C1CCCN1. The number of rotatable bonds is 4. The number of aromatic nitrogens is 3. The number of hydrogen-bond acceptors (Lipinski definition) is 4. The number of carbonyl (C=O) groups is 1. The van der Waals surface area contributed by atoms with E-state index in [2.05, 4.69) is 20.8 Å². The van der Waals surface area contributed by atoms with Crippen LogP contribution in [0.15, 0.2) is 36.7 Å². The predicted octanol–water partition coefficient (Wildman–Crippen LogP) is 1.06. The van der Waals surface area contributed by atoms with Gasteiger partial charge in [-0.1, -0.05) is 18.2 Å². The molecule has 3 rings (SSSR count). The van der Waals surface area contributed by atoms with Crippen molar-refractivity contribution in [2.24, 2.45) is 0 Å². The first kappa shape index (κ1) is 15.5. The molecule has 0 saturated carbocycles. The van der Waals surface area contributed by atoms with Crippen molar-refractivity contribution in [3.05, 3.63) is 42.5 Å². The van der Waals surface area contributed by atoms with Gasteiger partial charge in [0.2, 0.25) is 5.91 Å². The van der Waals surface area contributed by atoms with E-state index in [1.807, 2.05) is 34.9 Å². The molecule has 1 fully saturated rings. The Morgan fingerprint density at radius 1 is 1.38 bits per heavy atom. The fraction of sp³-hybridized carbons (Fsp3) is 0.357. The number of hydrogen-bond donors (Lipinski definition) is 2. The maximum atomic E-state index is 12.0. The third-order valence-electron chi connectivity index (χ3n) is 3.45. The average molecular weight is 308 g/mol. The number of nitrogens with one attached hydrogen (secondary N) is 2. The predicted molar refractivity (Wildman–Crippen MR) is 81.5 cm³/mol. The zero-order chi connectivity index (χ0) is 13.8. The number of para-hydroxylation sites is 1.